The molecular weight excluding hydrogens is 403 g/mol. The Morgan fingerprint density at radius 3 is 2.48 bits per heavy atom. The Hall–Kier alpha value is -1.87. The lowest BCUT2D eigenvalue weighted by Gasteiger charge is -2.28. The molecule has 1 amide bonds. The van der Waals surface area contributed by atoms with E-state index in [1.165, 1.54) is 6.07 Å². The van der Waals surface area contributed by atoms with E-state index in [-0.39, 0.29) is 11.6 Å². The fraction of sp³-hybridized carbons (Fsp3) is 0.550. The van der Waals surface area contributed by atoms with E-state index in [4.69, 9.17) is 10.5 Å². The summed E-state index contributed by atoms with van der Waals surface area (Å²) >= 11 is 3.85. The minimum absolute atomic E-state index is 0.0353. The quantitative estimate of drug-likeness (QED) is 0.554. The normalized spacial score (nSPS) is 18.5. The fourth-order valence-corrected chi connectivity index (χ4v) is 3.41. The van der Waals surface area contributed by atoms with Crippen molar-refractivity contribution in [3.63, 3.8) is 0 Å². The predicted molar refractivity (Wildman–Crippen MR) is 110 cm³/mol. The number of halogens is 3. The van der Waals surface area contributed by atoms with Gasteiger partial charge in [0.1, 0.15) is 0 Å². The molecule has 9 heteroatoms. The standard InChI is InChI=1S/C13H22N2O2.C7H6F3NS/c1-2-14-6-3-7-15(9-8-14)13(16)12-4-10-17-11-5-12;8-7(9,10)4-1-2-6(12)5(11)3-4/h2,12H,1,3-11H2;1-3,12H,11H2. The Morgan fingerprint density at radius 2 is 1.90 bits per heavy atom. The number of anilines is 1. The number of hydrogen-bond donors (Lipinski definition) is 2. The van der Waals surface area contributed by atoms with Crippen molar-refractivity contribution in [3.05, 3.63) is 36.5 Å². The molecule has 2 saturated heterocycles. The second kappa shape index (κ2) is 10.8. The van der Waals surface area contributed by atoms with E-state index in [9.17, 15) is 18.0 Å². The molecule has 162 valence electrons. The maximum absolute atomic E-state index is 12.3. The highest BCUT2D eigenvalue weighted by Gasteiger charge is 2.30. The monoisotopic (exact) mass is 431 g/mol. The highest BCUT2D eigenvalue weighted by atomic mass is 32.1. The smallest absolute Gasteiger partial charge is 0.398 e. The minimum atomic E-state index is -4.34. The lowest BCUT2D eigenvalue weighted by atomic mass is 9.98. The SMILES string of the molecule is C=CN1CCCN(C(=O)C2CCOCC2)CC1.Nc1cc(C(F)(F)F)ccc1S. The van der Waals surface area contributed by atoms with Gasteiger partial charge in [-0.05, 0) is 43.7 Å². The molecule has 1 aromatic carbocycles. The number of nitrogens with two attached hydrogens (primary N) is 1. The molecule has 0 bridgehead atoms. The summed E-state index contributed by atoms with van der Waals surface area (Å²) in [4.78, 5) is 16.9. The number of nitrogen functional groups attached to an aromatic ring is 1. The number of amides is 1. The van der Waals surface area contributed by atoms with Crippen molar-refractivity contribution in [1.29, 1.82) is 0 Å². The highest BCUT2D eigenvalue weighted by Crippen LogP contribution is 2.32. The maximum atomic E-state index is 12.3. The zero-order valence-corrected chi connectivity index (χ0v) is 17.2. The van der Waals surface area contributed by atoms with Crippen molar-refractivity contribution in [3.8, 4) is 0 Å². The lowest BCUT2D eigenvalue weighted by molar-refractivity contribution is -0.138. The summed E-state index contributed by atoms with van der Waals surface area (Å²) in [6, 6.07) is 3.03. The number of carbonyl (C=O) groups excluding carboxylic acids is 1. The Kier molecular flexibility index (Phi) is 8.70. The second-order valence-corrected chi connectivity index (χ2v) is 7.54. The molecule has 2 fully saturated rings. The van der Waals surface area contributed by atoms with E-state index in [0.29, 0.717) is 10.8 Å². The van der Waals surface area contributed by atoms with Gasteiger partial charge in [-0.3, -0.25) is 4.79 Å². The predicted octanol–water partition coefficient (Wildman–Crippen LogP) is 3.67. The van der Waals surface area contributed by atoms with Crippen molar-refractivity contribution >= 4 is 24.2 Å². The van der Waals surface area contributed by atoms with Crippen molar-refractivity contribution in [2.24, 2.45) is 5.92 Å². The zero-order chi connectivity index (χ0) is 21.4. The molecule has 0 aliphatic carbocycles. The Labute approximate surface area is 175 Å². The van der Waals surface area contributed by atoms with Gasteiger partial charge in [0.25, 0.3) is 0 Å². The van der Waals surface area contributed by atoms with Crippen LogP contribution >= 0.6 is 12.6 Å². The maximum Gasteiger partial charge on any atom is 0.416 e. The summed E-state index contributed by atoms with van der Waals surface area (Å²) < 4.78 is 41.4. The Morgan fingerprint density at radius 1 is 1.21 bits per heavy atom. The molecule has 2 heterocycles. The molecule has 0 radical (unpaired) electrons. The van der Waals surface area contributed by atoms with E-state index in [2.05, 4.69) is 24.1 Å². The summed E-state index contributed by atoms with van der Waals surface area (Å²) in [6.07, 6.45) is 0.361. The number of hydrogen-bond acceptors (Lipinski definition) is 5. The van der Waals surface area contributed by atoms with Gasteiger partial charge in [-0.25, -0.2) is 0 Å². The summed E-state index contributed by atoms with van der Waals surface area (Å²) in [5, 5.41) is 0. The first-order chi connectivity index (χ1) is 13.7. The number of benzene rings is 1. The second-order valence-electron chi connectivity index (χ2n) is 7.06. The van der Waals surface area contributed by atoms with Gasteiger partial charge in [0.05, 0.1) is 5.56 Å². The number of ether oxygens (including phenoxy) is 1. The molecule has 2 N–H and O–H groups in total. The fourth-order valence-electron chi connectivity index (χ4n) is 3.27. The number of nitrogens with zero attached hydrogens (tertiary/aromatic N) is 2. The van der Waals surface area contributed by atoms with Gasteiger partial charge in [0.2, 0.25) is 5.91 Å². The van der Waals surface area contributed by atoms with Crippen LogP contribution in [0.4, 0.5) is 18.9 Å². The van der Waals surface area contributed by atoms with Crippen LogP contribution in [0.25, 0.3) is 0 Å². The first-order valence-corrected chi connectivity index (χ1v) is 10.1. The van der Waals surface area contributed by atoms with E-state index in [1.807, 2.05) is 11.1 Å². The number of carbonyl (C=O) groups is 1. The summed E-state index contributed by atoms with van der Waals surface area (Å²) in [7, 11) is 0. The summed E-state index contributed by atoms with van der Waals surface area (Å²) in [6.45, 7) is 8.92. The number of thiol groups is 1. The van der Waals surface area contributed by atoms with Gasteiger partial charge in [-0.2, -0.15) is 13.2 Å². The van der Waals surface area contributed by atoms with Crippen molar-refractivity contribution in [2.45, 2.75) is 30.3 Å². The van der Waals surface area contributed by atoms with E-state index in [0.717, 1.165) is 70.8 Å². The van der Waals surface area contributed by atoms with Gasteiger partial charge in [0, 0.05) is 55.9 Å². The van der Waals surface area contributed by atoms with Crippen LogP contribution in [0.2, 0.25) is 0 Å². The lowest BCUT2D eigenvalue weighted by Crippen LogP contribution is -2.40. The molecule has 3 rings (SSSR count). The van der Waals surface area contributed by atoms with Crippen molar-refractivity contribution in [2.75, 3.05) is 45.1 Å². The van der Waals surface area contributed by atoms with E-state index < -0.39 is 11.7 Å². The van der Waals surface area contributed by atoms with Gasteiger partial charge >= 0.3 is 6.18 Å². The first-order valence-electron chi connectivity index (χ1n) is 9.61. The Balaban J connectivity index is 0.000000221. The molecule has 29 heavy (non-hydrogen) atoms. The van der Waals surface area contributed by atoms with Crippen LogP contribution in [-0.4, -0.2) is 55.1 Å². The third-order valence-electron chi connectivity index (χ3n) is 5.03. The van der Waals surface area contributed by atoms with E-state index in [1.54, 1.807) is 0 Å². The molecule has 5 nitrogen and oxygen atoms in total. The molecule has 0 spiro atoms. The van der Waals surface area contributed by atoms with Crippen molar-refractivity contribution in [1.82, 2.24) is 9.80 Å². The first kappa shape index (κ1) is 23.4. The third-order valence-corrected chi connectivity index (χ3v) is 5.43. The largest absolute Gasteiger partial charge is 0.416 e. The van der Waals surface area contributed by atoms with Crippen LogP contribution in [0.1, 0.15) is 24.8 Å². The Bertz CT molecular complexity index is 694. The zero-order valence-electron chi connectivity index (χ0n) is 16.3. The highest BCUT2D eigenvalue weighted by molar-refractivity contribution is 7.80. The van der Waals surface area contributed by atoms with Crippen LogP contribution < -0.4 is 5.73 Å². The van der Waals surface area contributed by atoms with Gasteiger partial charge in [-0.15, -0.1) is 12.6 Å². The number of alkyl halides is 3. The van der Waals surface area contributed by atoms with E-state index >= 15 is 0 Å². The molecule has 0 aromatic heterocycles. The summed E-state index contributed by atoms with van der Waals surface area (Å²) in [5.74, 6) is 0.526. The molecule has 0 unspecified atom stereocenters. The summed E-state index contributed by atoms with van der Waals surface area (Å²) in [5.41, 5.74) is 4.52. The molecule has 2 aliphatic rings. The average Bonchev–Trinajstić information content (AvgIpc) is 2.95. The van der Waals surface area contributed by atoms with Crippen LogP contribution in [-0.2, 0) is 15.7 Å². The van der Waals surface area contributed by atoms with Crippen LogP contribution in [0.3, 0.4) is 0 Å². The topological polar surface area (TPSA) is 58.8 Å². The van der Waals surface area contributed by atoms with Crippen LogP contribution in [0.15, 0.2) is 35.9 Å². The van der Waals surface area contributed by atoms with Gasteiger partial charge < -0.3 is 20.3 Å². The average molecular weight is 432 g/mol. The molecule has 0 saturated carbocycles. The van der Waals surface area contributed by atoms with Crippen LogP contribution in [0, 0.1) is 5.92 Å². The van der Waals surface area contributed by atoms with Gasteiger partial charge in [-0.1, -0.05) is 6.58 Å². The molecule has 0 atom stereocenters. The number of rotatable bonds is 2. The third kappa shape index (κ3) is 7.15. The minimum Gasteiger partial charge on any atom is -0.398 e. The molecule has 1 aromatic rings. The van der Waals surface area contributed by atoms with Crippen molar-refractivity contribution < 1.29 is 22.7 Å². The van der Waals surface area contributed by atoms with Crippen LogP contribution in [0.5, 0.6) is 0 Å². The van der Waals surface area contributed by atoms with Gasteiger partial charge in [0.15, 0.2) is 0 Å². The molecule has 2 aliphatic heterocycles. The molecular formula is C20H28F3N3O2S.